The van der Waals surface area contributed by atoms with E-state index in [-0.39, 0.29) is 23.0 Å². The van der Waals surface area contributed by atoms with Crippen molar-refractivity contribution < 1.29 is 35.9 Å². The van der Waals surface area contributed by atoms with Gasteiger partial charge in [-0.3, -0.25) is 24.1 Å². The van der Waals surface area contributed by atoms with Crippen LogP contribution in [0.1, 0.15) is 13.3 Å². The van der Waals surface area contributed by atoms with Crippen LogP contribution in [-0.2, 0) is 15.0 Å². The van der Waals surface area contributed by atoms with Gasteiger partial charge in [0.25, 0.3) is 5.91 Å². The molecule has 1 aliphatic heterocycles. The number of benzene rings is 2. The molecule has 2 aliphatic rings. The number of carbonyl (C=O) groups is 2. The van der Waals surface area contributed by atoms with Crippen LogP contribution in [0, 0.1) is 5.92 Å². The quantitative estimate of drug-likeness (QED) is 0.420. The monoisotopic (exact) mass is 547 g/mol. The smallest absolute Gasteiger partial charge is 0.406 e. The van der Waals surface area contributed by atoms with Crippen molar-refractivity contribution >= 4 is 44.9 Å². The molecule has 2 N–H and O–H groups in total. The molecule has 5 rings (SSSR count). The highest BCUT2D eigenvalue weighted by Crippen LogP contribution is 2.56. The Morgan fingerprint density at radius 3 is 2.29 bits per heavy atom. The number of halogens is 3. The predicted molar refractivity (Wildman–Crippen MR) is 132 cm³/mol. The summed E-state index contributed by atoms with van der Waals surface area (Å²) in [5.74, 6) is -1.35. The number of ether oxygens (including phenoxy) is 1. The number of pyridine rings is 1. The van der Waals surface area contributed by atoms with Crippen LogP contribution in [-0.4, -0.2) is 37.2 Å². The number of nitrogens with one attached hydrogen (secondary N) is 2. The summed E-state index contributed by atoms with van der Waals surface area (Å²) in [4.78, 5) is 33.2. The van der Waals surface area contributed by atoms with E-state index in [9.17, 15) is 31.2 Å². The zero-order chi connectivity index (χ0) is 27.3. The number of alkyl halides is 3. The van der Waals surface area contributed by atoms with Crippen molar-refractivity contribution in [3.05, 3.63) is 73.1 Å². The van der Waals surface area contributed by atoms with Crippen molar-refractivity contribution in [2.24, 2.45) is 5.92 Å². The van der Waals surface area contributed by atoms with Crippen LogP contribution in [0.25, 0.3) is 0 Å². The number of hydrogen-bond acceptors (Lipinski definition) is 6. The summed E-state index contributed by atoms with van der Waals surface area (Å²) in [7, 11) is -4.17. The van der Waals surface area contributed by atoms with E-state index in [2.05, 4.69) is 19.2 Å². The molecular weight excluding hydrogens is 527 g/mol. The SMILES string of the molecule is CC1CC12C(=O)N(c1ccc(OC(F)(F)F)cc1)C(=O)N2c1ccncc1NS(=O)(=O)Nc1ccccc1. The number of urea groups is 1. The molecule has 1 aliphatic carbocycles. The van der Waals surface area contributed by atoms with E-state index in [1.54, 1.807) is 37.3 Å². The Morgan fingerprint density at radius 2 is 1.68 bits per heavy atom. The minimum atomic E-state index is -4.90. The lowest BCUT2D eigenvalue weighted by Crippen LogP contribution is -2.39. The van der Waals surface area contributed by atoms with Crippen LogP contribution < -0.4 is 24.0 Å². The molecule has 2 fully saturated rings. The first-order chi connectivity index (χ1) is 17.9. The molecule has 3 amide bonds. The van der Waals surface area contributed by atoms with E-state index in [0.717, 1.165) is 17.0 Å². The van der Waals surface area contributed by atoms with Gasteiger partial charge in [0.1, 0.15) is 11.3 Å². The van der Waals surface area contributed by atoms with Gasteiger partial charge in [0.05, 0.1) is 28.9 Å². The fourth-order valence-corrected chi connectivity index (χ4v) is 5.44. The van der Waals surface area contributed by atoms with Crippen LogP contribution >= 0.6 is 0 Å². The topological polar surface area (TPSA) is 121 Å². The number of hydrogen-bond donors (Lipinski definition) is 2. The van der Waals surface area contributed by atoms with Crippen LogP contribution in [0.3, 0.4) is 0 Å². The maximum absolute atomic E-state index is 13.6. The summed E-state index contributed by atoms with van der Waals surface area (Å²) in [5, 5.41) is 0. The first kappa shape index (κ1) is 25.3. The fraction of sp³-hybridized carbons (Fsp3) is 0.208. The predicted octanol–water partition coefficient (Wildman–Crippen LogP) is 4.50. The molecule has 2 atom stereocenters. The number of amides is 3. The molecule has 10 nitrogen and oxygen atoms in total. The van der Waals surface area contributed by atoms with Gasteiger partial charge in [0, 0.05) is 6.20 Å². The van der Waals surface area contributed by atoms with Crippen molar-refractivity contribution in [2.45, 2.75) is 25.2 Å². The molecule has 198 valence electrons. The number of rotatable bonds is 7. The minimum absolute atomic E-state index is 0.0393. The molecule has 14 heteroatoms. The highest BCUT2D eigenvalue weighted by Gasteiger charge is 2.71. The van der Waals surface area contributed by atoms with Gasteiger partial charge in [0.2, 0.25) is 0 Å². The van der Waals surface area contributed by atoms with E-state index >= 15 is 0 Å². The van der Waals surface area contributed by atoms with Crippen LogP contribution in [0.4, 0.5) is 40.7 Å². The number of anilines is 4. The summed E-state index contributed by atoms with van der Waals surface area (Å²) in [5.41, 5.74) is -0.897. The molecule has 3 aromatic rings. The standard InChI is InChI=1S/C24H20F3N5O5S/c1-15-13-23(15)21(33)31(17-7-9-18(10-8-17)37-24(25,26)27)22(34)32(23)20-11-12-28-14-19(20)30-38(35,36)29-16-5-3-2-4-6-16/h2-12,14-15,29-30H,13H2,1H3. The average molecular weight is 548 g/mol. The Kier molecular flexibility index (Phi) is 5.93. The van der Waals surface area contributed by atoms with E-state index in [0.29, 0.717) is 12.1 Å². The maximum atomic E-state index is 13.6. The second kappa shape index (κ2) is 8.90. The lowest BCUT2D eigenvalue weighted by atomic mass is 10.1. The lowest BCUT2D eigenvalue weighted by molar-refractivity contribution is -0.274. The largest absolute Gasteiger partial charge is 0.573 e. The summed E-state index contributed by atoms with van der Waals surface area (Å²) < 4.78 is 71.8. The number of aromatic nitrogens is 1. The van der Waals surface area contributed by atoms with Crippen molar-refractivity contribution in [3.8, 4) is 5.75 Å². The molecule has 1 saturated carbocycles. The molecule has 2 heterocycles. The Morgan fingerprint density at radius 1 is 1.03 bits per heavy atom. The summed E-state index contributed by atoms with van der Waals surface area (Å²) in [6.07, 6.45) is -2.03. The number of carbonyl (C=O) groups excluding carboxylic acids is 2. The molecule has 1 spiro atoms. The molecule has 1 saturated heterocycles. The molecule has 0 bridgehead atoms. The second-order valence-corrected chi connectivity index (χ2v) is 10.2. The van der Waals surface area contributed by atoms with Crippen LogP contribution in [0.2, 0.25) is 0 Å². The third-order valence-electron chi connectivity index (χ3n) is 6.27. The van der Waals surface area contributed by atoms with E-state index < -0.39 is 39.8 Å². The van der Waals surface area contributed by atoms with Crippen LogP contribution in [0.5, 0.6) is 5.75 Å². The van der Waals surface area contributed by atoms with E-state index in [4.69, 9.17) is 0 Å². The van der Waals surface area contributed by atoms with E-state index in [1.165, 1.54) is 35.5 Å². The summed E-state index contributed by atoms with van der Waals surface area (Å²) >= 11 is 0. The van der Waals surface area contributed by atoms with Gasteiger partial charge in [0.15, 0.2) is 0 Å². The first-order valence-electron chi connectivity index (χ1n) is 11.3. The highest BCUT2D eigenvalue weighted by atomic mass is 32.2. The van der Waals surface area contributed by atoms with Crippen molar-refractivity contribution in [1.82, 2.24) is 4.98 Å². The normalized spacial score (nSPS) is 21.1. The fourth-order valence-electron chi connectivity index (χ4n) is 4.50. The van der Waals surface area contributed by atoms with Crippen LogP contribution in [0.15, 0.2) is 73.1 Å². The van der Waals surface area contributed by atoms with Gasteiger partial charge >= 0.3 is 22.6 Å². The first-order valence-corrected chi connectivity index (χ1v) is 12.7. The number of imide groups is 1. The van der Waals surface area contributed by atoms with Gasteiger partial charge in [-0.05, 0) is 54.8 Å². The summed E-state index contributed by atoms with van der Waals surface area (Å²) in [6, 6.07) is 13.1. The van der Waals surface area contributed by atoms with Crippen molar-refractivity contribution in [1.29, 1.82) is 0 Å². The molecule has 1 aromatic heterocycles. The Labute approximate surface area is 215 Å². The highest BCUT2D eigenvalue weighted by molar-refractivity contribution is 7.94. The number of nitrogens with zero attached hydrogens (tertiary/aromatic N) is 3. The van der Waals surface area contributed by atoms with Gasteiger partial charge in [-0.15, -0.1) is 13.2 Å². The molecule has 2 unspecified atom stereocenters. The zero-order valence-electron chi connectivity index (χ0n) is 19.6. The molecule has 0 radical (unpaired) electrons. The van der Waals surface area contributed by atoms with Gasteiger partial charge in [-0.1, -0.05) is 25.1 Å². The zero-order valence-corrected chi connectivity index (χ0v) is 20.5. The Balaban J connectivity index is 1.47. The summed E-state index contributed by atoms with van der Waals surface area (Å²) in [6.45, 7) is 1.77. The molecular formula is C24H20F3N5O5S. The lowest BCUT2D eigenvalue weighted by Gasteiger charge is -2.25. The second-order valence-electron chi connectivity index (χ2n) is 8.80. The Bertz CT molecular complexity index is 1500. The van der Waals surface area contributed by atoms with E-state index in [1.807, 2.05) is 0 Å². The number of para-hydroxylation sites is 1. The van der Waals surface area contributed by atoms with Gasteiger partial charge in [-0.2, -0.15) is 8.42 Å². The van der Waals surface area contributed by atoms with Gasteiger partial charge in [-0.25, -0.2) is 9.69 Å². The van der Waals surface area contributed by atoms with Crippen molar-refractivity contribution in [2.75, 3.05) is 19.2 Å². The minimum Gasteiger partial charge on any atom is -0.406 e. The Hall–Kier alpha value is -4.33. The van der Waals surface area contributed by atoms with Crippen molar-refractivity contribution in [3.63, 3.8) is 0 Å². The molecule has 2 aromatic carbocycles. The molecule has 38 heavy (non-hydrogen) atoms. The maximum Gasteiger partial charge on any atom is 0.573 e. The average Bonchev–Trinajstić information content (AvgIpc) is 3.46. The van der Waals surface area contributed by atoms with Gasteiger partial charge < -0.3 is 4.74 Å². The third kappa shape index (κ3) is 4.58. The third-order valence-corrected chi connectivity index (χ3v) is 7.26.